The molecule has 1 saturated heterocycles. The van der Waals surface area contributed by atoms with Crippen LogP contribution in [0.5, 0.6) is 0 Å². The zero-order valence-corrected chi connectivity index (χ0v) is 17.3. The molecule has 4 rings (SSSR count). The molecule has 1 fully saturated rings. The van der Waals surface area contributed by atoms with Crippen molar-refractivity contribution in [1.82, 2.24) is 14.7 Å². The number of hydrogen-bond acceptors (Lipinski definition) is 4. The van der Waals surface area contributed by atoms with Crippen molar-refractivity contribution in [2.24, 2.45) is 0 Å². The number of nitrogens with two attached hydrogens (primary N) is 1. The van der Waals surface area contributed by atoms with Crippen molar-refractivity contribution in [3.63, 3.8) is 0 Å². The molecule has 29 heavy (non-hydrogen) atoms. The van der Waals surface area contributed by atoms with Gasteiger partial charge in [0.25, 0.3) is 0 Å². The van der Waals surface area contributed by atoms with Crippen molar-refractivity contribution in [2.75, 3.05) is 36.8 Å². The van der Waals surface area contributed by atoms with Crippen molar-refractivity contribution in [3.05, 3.63) is 64.9 Å². The minimum atomic E-state index is -0.250. The Bertz CT molecular complexity index is 998. The van der Waals surface area contributed by atoms with Crippen LogP contribution in [0.25, 0.3) is 11.3 Å². The van der Waals surface area contributed by atoms with E-state index in [1.807, 2.05) is 35.2 Å². The molecule has 1 aliphatic heterocycles. The number of halogens is 2. The van der Waals surface area contributed by atoms with Crippen molar-refractivity contribution < 1.29 is 9.18 Å². The molecule has 150 valence electrons. The van der Waals surface area contributed by atoms with Crippen LogP contribution in [0, 0.1) is 5.82 Å². The van der Waals surface area contributed by atoms with E-state index >= 15 is 0 Å². The van der Waals surface area contributed by atoms with E-state index in [1.165, 1.54) is 12.1 Å². The fourth-order valence-corrected chi connectivity index (χ4v) is 3.96. The monoisotopic (exact) mass is 457 g/mol. The predicted octanol–water partition coefficient (Wildman–Crippen LogP) is 3.38. The lowest BCUT2D eigenvalue weighted by Crippen LogP contribution is -2.49. The fraction of sp³-hybridized carbons (Fsp3) is 0.238. The van der Waals surface area contributed by atoms with Crippen LogP contribution in [0.2, 0.25) is 0 Å². The topological polar surface area (TPSA) is 67.4 Å². The van der Waals surface area contributed by atoms with Crippen molar-refractivity contribution in [1.29, 1.82) is 0 Å². The summed E-state index contributed by atoms with van der Waals surface area (Å²) >= 11 is 3.50. The van der Waals surface area contributed by atoms with Gasteiger partial charge in [-0.25, -0.2) is 9.07 Å². The van der Waals surface area contributed by atoms with Gasteiger partial charge in [-0.1, -0.05) is 30.3 Å². The summed E-state index contributed by atoms with van der Waals surface area (Å²) < 4.78 is 15.3. The molecule has 2 aromatic carbocycles. The number of nitrogens with zero attached hydrogens (tertiary/aromatic N) is 4. The van der Waals surface area contributed by atoms with Gasteiger partial charge in [-0.2, -0.15) is 5.10 Å². The van der Waals surface area contributed by atoms with Crippen molar-refractivity contribution in [3.8, 4) is 11.3 Å². The lowest BCUT2D eigenvalue weighted by molar-refractivity contribution is -0.132. The van der Waals surface area contributed by atoms with Gasteiger partial charge in [-0.05, 0) is 40.2 Å². The molecule has 0 spiro atoms. The first-order valence-corrected chi connectivity index (χ1v) is 10.2. The Balaban J connectivity index is 1.41. The lowest BCUT2D eigenvalue weighted by atomic mass is 10.2. The number of aromatic nitrogens is 2. The average Bonchev–Trinajstić information content (AvgIpc) is 3.03. The van der Waals surface area contributed by atoms with E-state index < -0.39 is 0 Å². The van der Waals surface area contributed by atoms with Crippen LogP contribution in [0.15, 0.2) is 59.1 Å². The summed E-state index contributed by atoms with van der Waals surface area (Å²) in [6.07, 6.45) is 0. The summed E-state index contributed by atoms with van der Waals surface area (Å²) in [6.45, 7) is 2.69. The summed E-state index contributed by atoms with van der Waals surface area (Å²) in [6, 6.07) is 16.1. The average molecular weight is 458 g/mol. The van der Waals surface area contributed by atoms with Gasteiger partial charge in [0.15, 0.2) is 0 Å². The maximum absolute atomic E-state index is 13.1. The molecule has 0 atom stereocenters. The Morgan fingerprint density at radius 3 is 2.34 bits per heavy atom. The van der Waals surface area contributed by atoms with E-state index in [0.717, 1.165) is 16.9 Å². The van der Waals surface area contributed by atoms with Gasteiger partial charge in [0, 0.05) is 37.4 Å². The number of hydrogen-bond donors (Lipinski definition) is 1. The molecule has 0 aliphatic carbocycles. The third-order valence-electron chi connectivity index (χ3n) is 5.09. The third kappa shape index (κ3) is 4.12. The normalized spacial score (nSPS) is 14.3. The number of rotatable bonds is 4. The maximum Gasteiger partial charge on any atom is 0.244 e. The minimum Gasteiger partial charge on any atom is -0.383 e. The number of carbonyl (C=O) groups is 1. The van der Waals surface area contributed by atoms with Crippen molar-refractivity contribution in [2.45, 2.75) is 6.54 Å². The Morgan fingerprint density at radius 1 is 1.03 bits per heavy atom. The van der Waals surface area contributed by atoms with Crippen LogP contribution in [0.3, 0.4) is 0 Å². The smallest absolute Gasteiger partial charge is 0.244 e. The summed E-state index contributed by atoms with van der Waals surface area (Å²) in [7, 11) is 0. The van der Waals surface area contributed by atoms with Crippen LogP contribution >= 0.6 is 15.9 Å². The first-order chi connectivity index (χ1) is 14.0. The largest absolute Gasteiger partial charge is 0.383 e. The van der Waals surface area contributed by atoms with Crippen LogP contribution < -0.4 is 10.6 Å². The molecular formula is C21H21BrFN5O. The molecule has 0 radical (unpaired) electrons. The second-order valence-corrected chi connectivity index (χ2v) is 7.71. The number of nitrogen functional groups attached to an aromatic ring is 1. The molecule has 6 nitrogen and oxygen atoms in total. The highest BCUT2D eigenvalue weighted by atomic mass is 79.9. The number of piperazine rings is 1. The molecule has 2 N–H and O–H groups in total. The Kier molecular flexibility index (Phi) is 5.53. The molecule has 1 amide bonds. The number of amides is 1. The van der Waals surface area contributed by atoms with Gasteiger partial charge in [-0.3, -0.25) is 4.79 Å². The third-order valence-corrected chi connectivity index (χ3v) is 5.87. The molecule has 0 unspecified atom stereocenters. The minimum absolute atomic E-state index is 0.0231. The van der Waals surface area contributed by atoms with Crippen LogP contribution in [-0.2, 0) is 11.3 Å². The van der Waals surface area contributed by atoms with Gasteiger partial charge in [0.2, 0.25) is 5.91 Å². The van der Waals surface area contributed by atoms with Crippen LogP contribution in [0.1, 0.15) is 0 Å². The highest BCUT2D eigenvalue weighted by Gasteiger charge is 2.23. The molecule has 1 aromatic heterocycles. The molecular weight excluding hydrogens is 437 g/mol. The van der Waals surface area contributed by atoms with Crippen LogP contribution in [0.4, 0.5) is 15.9 Å². The second-order valence-electron chi connectivity index (χ2n) is 6.92. The van der Waals surface area contributed by atoms with Gasteiger partial charge < -0.3 is 15.5 Å². The SMILES string of the molecule is Nc1c(Br)c(-c2ccccc2)nn1CC(=O)N1CCN(c2ccc(F)cc2)CC1. The van der Waals surface area contributed by atoms with E-state index in [1.54, 1.807) is 16.8 Å². The van der Waals surface area contributed by atoms with E-state index in [-0.39, 0.29) is 18.3 Å². The fourth-order valence-electron chi connectivity index (χ4n) is 3.45. The van der Waals surface area contributed by atoms with Gasteiger partial charge in [-0.15, -0.1) is 0 Å². The first kappa shape index (κ1) is 19.4. The summed E-state index contributed by atoms with van der Waals surface area (Å²) in [5, 5.41) is 4.54. The highest BCUT2D eigenvalue weighted by Crippen LogP contribution is 2.32. The van der Waals surface area contributed by atoms with Gasteiger partial charge >= 0.3 is 0 Å². The Morgan fingerprint density at radius 2 is 1.69 bits per heavy atom. The molecule has 0 bridgehead atoms. The number of anilines is 2. The zero-order valence-electron chi connectivity index (χ0n) is 15.8. The molecule has 8 heteroatoms. The van der Waals surface area contributed by atoms with Crippen molar-refractivity contribution >= 4 is 33.3 Å². The molecule has 0 saturated carbocycles. The first-order valence-electron chi connectivity index (χ1n) is 9.38. The van der Waals surface area contributed by atoms with E-state index in [0.29, 0.717) is 36.5 Å². The van der Waals surface area contributed by atoms with E-state index in [2.05, 4.69) is 25.9 Å². The second kappa shape index (κ2) is 8.24. The summed E-state index contributed by atoms with van der Waals surface area (Å²) in [4.78, 5) is 16.8. The van der Waals surface area contributed by atoms with Gasteiger partial charge in [0.1, 0.15) is 23.9 Å². The zero-order chi connectivity index (χ0) is 20.4. The van der Waals surface area contributed by atoms with Gasteiger partial charge in [0.05, 0.1) is 4.47 Å². The standard InChI is InChI=1S/C21H21BrFN5O/c22-19-20(15-4-2-1-3-5-15)25-28(21(19)24)14-18(29)27-12-10-26(11-13-27)17-8-6-16(23)7-9-17/h1-9H,10-14,24H2. The lowest BCUT2D eigenvalue weighted by Gasteiger charge is -2.36. The molecule has 1 aliphatic rings. The summed E-state index contributed by atoms with van der Waals surface area (Å²) in [5.74, 6) is 0.160. The van der Waals surface area contributed by atoms with Crippen LogP contribution in [-0.4, -0.2) is 46.8 Å². The predicted molar refractivity (Wildman–Crippen MR) is 115 cm³/mol. The van der Waals surface area contributed by atoms with E-state index in [9.17, 15) is 9.18 Å². The summed E-state index contributed by atoms with van der Waals surface area (Å²) in [5.41, 5.74) is 8.79. The number of benzene rings is 2. The maximum atomic E-state index is 13.1. The molecule has 2 heterocycles. The molecule has 3 aromatic rings. The quantitative estimate of drug-likeness (QED) is 0.651. The Labute approximate surface area is 176 Å². The van der Waals surface area contributed by atoms with E-state index in [4.69, 9.17) is 5.73 Å². The number of carbonyl (C=O) groups excluding carboxylic acids is 1. The Hall–Kier alpha value is -2.87. The highest BCUT2D eigenvalue weighted by molar-refractivity contribution is 9.10.